The number of aliphatic imine (C=N–C) groups is 1. The first kappa shape index (κ1) is 24.4. The second-order valence-electron chi connectivity index (χ2n) is 7.06. The van der Waals surface area contributed by atoms with Gasteiger partial charge in [0.2, 0.25) is 0 Å². The topological polar surface area (TPSA) is 102 Å². The van der Waals surface area contributed by atoms with E-state index in [-0.39, 0.29) is 27.2 Å². The first-order valence-corrected chi connectivity index (χ1v) is 11.0. The number of ether oxygens (including phenoxy) is 1. The zero-order chi connectivity index (χ0) is 23.3. The Balaban J connectivity index is 1.75. The molecule has 0 saturated heterocycles. The molecule has 0 aromatic carbocycles. The van der Waals surface area contributed by atoms with E-state index in [1.54, 1.807) is 25.1 Å². The lowest BCUT2D eigenvalue weighted by Crippen LogP contribution is -2.36. The fourth-order valence-corrected chi connectivity index (χ4v) is 4.56. The monoisotopic (exact) mass is 501 g/mol. The van der Waals surface area contributed by atoms with E-state index in [2.05, 4.69) is 25.0 Å². The Morgan fingerprint density at radius 1 is 1.41 bits per heavy atom. The number of thioether (sulfide) groups is 1. The predicted molar refractivity (Wildman–Crippen MR) is 123 cm³/mol. The number of nitrogens with two attached hydrogens (primary N) is 1. The van der Waals surface area contributed by atoms with Crippen LogP contribution in [0.3, 0.4) is 0 Å². The van der Waals surface area contributed by atoms with Crippen LogP contribution in [0.1, 0.15) is 35.1 Å². The molecule has 2 atom stereocenters. The third-order valence-electron chi connectivity index (χ3n) is 4.54. The molecule has 1 aliphatic rings. The van der Waals surface area contributed by atoms with E-state index in [1.807, 2.05) is 0 Å². The van der Waals surface area contributed by atoms with Crippen LogP contribution in [0.15, 0.2) is 46.1 Å². The first-order chi connectivity index (χ1) is 15.1. The SMILES string of the molecule is C[C@@]1(c2cc(NC(=O)c3ccc(C=C(Cl)Cl)cn3)ccn2)C[C@@H](COC(F)F)SC(N)=N1. The highest BCUT2D eigenvalue weighted by Crippen LogP contribution is 2.38. The van der Waals surface area contributed by atoms with Crippen molar-refractivity contribution in [3.63, 3.8) is 0 Å². The van der Waals surface area contributed by atoms with Crippen LogP contribution in [0.4, 0.5) is 14.5 Å². The lowest BCUT2D eigenvalue weighted by Gasteiger charge is -2.33. The van der Waals surface area contributed by atoms with Gasteiger partial charge in [-0.2, -0.15) is 8.78 Å². The molecular weight excluding hydrogens is 483 g/mol. The van der Waals surface area contributed by atoms with Gasteiger partial charge in [-0.25, -0.2) is 4.99 Å². The number of nitrogens with zero attached hydrogens (tertiary/aromatic N) is 3. The number of carbonyl (C=O) groups excluding carboxylic acids is 1. The fraction of sp³-hybridized carbons (Fsp3) is 0.300. The summed E-state index contributed by atoms with van der Waals surface area (Å²) in [6.45, 7) is -1.22. The summed E-state index contributed by atoms with van der Waals surface area (Å²) in [5, 5.41) is 2.70. The minimum absolute atomic E-state index is 0.0780. The maximum Gasteiger partial charge on any atom is 0.345 e. The van der Waals surface area contributed by atoms with Crippen molar-refractivity contribution in [2.75, 3.05) is 11.9 Å². The number of hydrogen-bond donors (Lipinski definition) is 2. The molecule has 3 rings (SSSR count). The van der Waals surface area contributed by atoms with E-state index in [0.29, 0.717) is 23.4 Å². The number of aromatic nitrogens is 2. The van der Waals surface area contributed by atoms with Gasteiger partial charge in [-0.05, 0) is 43.2 Å². The smallest absolute Gasteiger partial charge is 0.345 e. The van der Waals surface area contributed by atoms with Crippen LogP contribution in [0.5, 0.6) is 0 Å². The van der Waals surface area contributed by atoms with Crippen LogP contribution >= 0.6 is 35.0 Å². The Hall–Kier alpha value is -2.27. The molecule has 0 bridgehead atoms. The minimum Gasteiger partial charge on any atom is -0.379 e. The van der Waals surface area contributed by atoms with E-state index in [9.17, 15) is 13.6 Å². The summed E-state index contributed by atoms with van der Waals surface area (Å²) in [5.41, 5.74) is 6.91. The number of halogens is 4. The number of carbonyl (C=O) groups is 1. The lowest BCUT2D eigenvalue weighted by molar-refractivity contribution is -0.128. The molecule has 3 N–H and O–H groups in total. The largest absolute Gasteiger partial charge is 0.379 e. The Morgan fingerprint density at radius 3 is 2.84 bits per heavy atom. The summed E-state index contributed by atoms with van der Waals surface area (Å²) < 4.78 is 29.4. The minimum atomic E-state index is -2.86. The van der Waals surface area contributed by atoms with Crippen LogP contribution in [-0.2, 0) is 10.3 Å². The third kappa shape index (κ3) is 6.61. The van der Waals surface area contributed by atoms with E-state index < -0.39 is 18.1 Å². The van der Waals surface area contributed by atoms with Crippen LogP contribution in [-0.4, -0.2) is 39.5 Å². The summed E-state index contributed by atoms with van der Waals surface area (Å²) in [5.74, 6) is -0.426. The maximum atomic E-state index is 12.6. The van der Waals surface area contributed by atoms with Crippen molar-refractivity contribution in [2.24, 2.45) is 10.7 Å². The van der Waals surface area contributed by atoms with Crippen molar-refractivity contribution >= 4 is 57.8 Å². The molecule has 1 aliphatic heterocycles. The molecule has 3 heterocycles. The number of hydrogen-bond acceptors (Lipinski definition) is 7. The molecule has 0 spiro atoms. The van der Waals surface area contributed by atoms with Gasteiger partial charge < -0.3 is 15.8 Å². The van der Waals surface area contributed by atoms with Gasteiger partial charge in [0.05, 0.1) is 12.3 Å². The number of amidine groups is 1. The molecule has 7 nitrogen and oxygen atoms in total. The molecule has 0 unspecified atom stereocenters. The van der Waals surface area contributed by atoms with Crippen molar-refractivity contribution in [1.82, 2.24) is 9.97 Å². The molecule has 0 aliphatic carbocycles. The molecule has 0 fully saturated rings. The molecule has 170 valence electrons. The van der Waals surface area contributed by atoms with Gasteiger partial charge in [0, 0.05) is 23.3 Å². The van der Waals surface area contributed by atoms with Gasteiger partial charge in [0.25, 0.3) is 5.91 Å². The molecule has 32 heavy (non-hydrogen) atoms. The number of nitrogens with one attached hydrogen (secondary N) is 1. The highest BCUT2D eigenvalue weighted by atomic mass is 35.5. The summed E-state index contributed by atoms with van der Waals surface area (Å²) in [6.07, 6.45) is 4.88. The molecular formula is C20H19Cl2F2N5O2S. The van der Waals surface area contributed by atoms with Crippen LogP contribution in [0, 0.1) is 0 Å². The van der Waals surface area contributed by atoms with Crippen LogP contribution < -0.4 is 11.1 Å². The first-order valence-electron chi connectivity index (χ1n) is 9.33. The summed E-state index contributed by atoms with van der Waals surface area (Å²) >= 11 is 12.4. The van der Waals surface area contributed by atoms with E-state index in [4.69, 9.17) is 28.9 Å². The Morgan fingerprint density at radius 2 is 2.19 bits per heavy atom. The van der Waals surface area contributed by atoms with E-state index in [1.165, 1.54) is 36.3 Å². The van der Waals surface area contributed by atoms with Gasteiger partial charge in [-0.1, -0.05) is 41.0 Å². The zero-order valence-corrected chi connectivity index (χ0v) is 19.1. The molecule has 1 amide bonds. The molecule has 0 saturated carbocycles. The average Bonchev–Trinajstić information content (AvgIpc) is 2.72. The number of rotatable bonds is 7. The molecule has 0 radical (unpaired) electrons. The average molecular weight is 502 g/mol. The van der Waals surface area contributed by atoms with E-state index in [0.717, 1.165) is 0 Å². The highest BCUT2D eigenvalue weighted by Gasteiger charge is 2.36. The van der Waals surface area contributed by atoms with E-state index >= 15 is 0 Å². The van der Waals surface area contributed by atoms with Crippen LogP contribution in [0.25, 0.3) is 6.08 Å². The van der Waals surface area contributed by atoms with Gasteiger partial charge in [-0.3, -0.25) is 14.8 Å². The maximum absolute atomic E-state index is 12.6. The normalized spacial score (nSPS) is 20.6. The quantitative estimate of drug-likeness (QED) is 0.565. The summed E-state index contributed by atoms with van der Waals surface area (Å²) in [7, 11) is 0. The Bertz CT molecular complexity index is 1030. The second kappa shape index (κ2) is 10.6. The van der Waals surface area contributed by atoms with Gasteiger partial charge in [0.1, 0.15) is 15.7 Å². The number of alkyl halides is 2. The van der Waals surface area contributed by atoms with Crippen molar-refractivity contribution in [3.05, 3.63) is 58.1 Å². The standard InChI is InChI=1S/C20H19Cl2F2N5O2S/c1-20(8-13(10-31-18(23)24)32-19(25)29-20)15-7-12(4-5-26-15)28-17(30)14-3-2-11(9-27-14)6-16(21)22/h2-7,9,13,18H,8,10H2,1H3,(H2,25,29)(H,26,28,30)/t13-,20-/m0/s1. The summed E-state index contributed by atoms with van der Waals surface area (Å²) in [4.78, 5) is 25.5. The van der Waals surface area contributed by atoms with Crippen LogP contribution in [0.2, 0.25) is 0 Å². The molecule has 2 aromatic heterocycles. The van der Waals surface area contributed by atoms with Gasteiger partial charge >= 0.3 is 6.61 Å². The van der Waals surface area contributed by atoms with Gasteiger partial charge in [-0.15, -0.1) is 0 Å². The second-order valence-corrected chi connectivity index (χ2v) is 9.39. The van der Waals surface area contributed by atoms with Crippen molar-refractivity contribution < 1.29 is 18.3 Å². The lowest BCUT2D eigenvalue weighted by atomic mass is 9.91. The zero-order valence-electron chi connectivity index (χ0n) is 16.8. The van der Waals surface area contributed by atoms with Crippen molar-refractivity contribution in [3.8, 4) is 0 Å². The number of anilines is 1. The Kier molecular flexibility index (Phi) is 8.05. The Labute approximate surface area is 197 Å². The highest BCUT2D eigenvalue weighted by molar-refractivity contribution is 8.14. The van der Waals surface area contributed by atoms with Gasteiger partial charge in [0.15, 0.2) is 5.17 Å². The molecule has 2 aromatic rings. The van der Waals surface area contributed by atoms with Crippen molar-refractivity contribution in [2.45, 2.75) is 30.7 Å². The van der Waals surface area contributed by atoms with Crippen molar-refractivity contribution in [1.29, 1.82) is 0 Å². The number of amides is 1. The predicted octanol–water partition coefficient (Wildman–Crippen LogP) is 4.78. The third-order valence-corrected chi connectivity index (χ3v) is 5.73. The number of pyridine rings is 2. The summed E-state index contributed by atoms with van der Waals surface area (Å²) in [6, 6.07) is 6.49. The molecule has 12 heteroatoms. The fourth-order valence-electron chi connectivity index (χ4n) is 3.15.